The molecule has 4 aromatic rings. The molecule has 204 valence electrons. The van der Waals surface area contributed by atoms with E-state index in [0.29, 0.717) is 53.5 Å². The Hall–Kier alpha value is -4.27. The van der Waals surface area contributed by atoms with Crippen molar-refractivity contribution >= 4 is 16.8 Å². The minimum Gasteiger partial charge on any atom is -0.377 e. The monoisotopic (exact) mass is 544 g/mol. The van der Waals surface area contributed by atoms with E-state index in [4.69, 9.17) is 14.5 Å². The molecular weight excluding hydrogens is 518 g/mol. The van der Waals surface area contributed by atoms with Gasteiger partial charge in [-0.25, -0.2) is 13.8 Å². The lowest BCUT2D eigenvalue weighted by atomic mass is 9.79. The maximum Gasteiger partial charge on any atom is 0.251 e. The molecule has 0 bridgehead atoms. The predicted octanol–water partition coefficient (Wildman–Crippen LogP) is 4.11. The summed E-state index contributed by atoms with van der Waals surface area (Å²) in [5.41, 5.74) is 3.93. The SMILES string of the molecule is C[C@@]1(C#N)COCc2ccc(C(=O)NCc3cc4nc(-c5cn(C6COC6)nc5CC(F)F)ccc4cn3)cc21. The number of nitrogens with zero attached hydrogens (tertiary/aromatic N) is 5. The zero-order chi connectivity index (χ0) is 27.9. The molecule has 2 aliphatic rings. The second kappa shape index (κ2) is 10.4. The van der Waals surface area contributed by atoms with Crippen molar-refractivity contribution in [3.63, 3.8) is 0 Å². The first-order valence-corrected chi connectivity index (χ1v) is 12.9. The molecule has 0 radical (unpaired) electrons. The third-order valence-corrected chi connectivity index (χ3v) is 7.35. The average Bonchev–Trinajstić information content (AvgIpc) is 3.32. The van der Waals surface area contributed by atoms with E-state index in [-0.39, 0.29) is 25.1 Å². The number of alkyl halides is 2. The molecule has 1 fully saturated rings. The van der Waals surface area contributed by atoms with Crippen LogP contribution in [0.1, 0.15) is 45.8 Å². The van der Waals surface area contributed by atoms with E-state index in [1.807, 2.05) is 12.1 Å². The van der Waals surface area contributed by atoms with E-state index in [2.05, 4.69) is 21.5 Å². The number of amides is 1. The summed E-state index contributed by atoms with van der Waals surface area (Å²) in [5.74, 6) is -0.290. The van der Waals surface area contributed by atoms with Gasteiger partial charge in [0.05, 0.1) is 74.1 Å². The number of hydrogen-bond acceptors (Lipinski definition) is 7. The summed E-state index contributed by atoms with van der Waals surface area (Å²) in [7, 11) is 0. The van der Waals surface area contributed by atoms with Gasteiger partial charge in [0.1, 0.15) is 5.41 Å². The van der Waals surface area contributed by atoms with Crippen LogP contribution >= 0.6 is 0 Å². The summed E-state index contributed by atoms with van der Waals surface area (Å²) < 4.78 is 39.0. The van der Waals surface area contributed by atoms with Gasteiger partial charge >= 0.3 is 0 Å². The first-order chi connectivity index (χ1) is 19.3. The van der Waals surface area contributed by atoms with Gasteiger partial charge in [-0.15, -0.1) is 0 Å². The zero-order valence-corrected chi connectivity index (χ0v) is 21.7. The number of fused-ring (bicyclic) bond motifs is 2. The highest BCUT2D eigenvalue weighted by Gasteiger charge is 2.33. The summed E-state index contributed by atoms with van der Waals surface area (Å²) in [6.07, 6.45) is 0.423. The van der Waals surface area contributed by atoms with Gasteiger partial charge in [0.2, 0.25) is 6.43 Å². The van der Waals surface area contributed by atoms with Gasteiger partial charge in [0.15, 0.2) is 0 Å². The zero-order valence-electron chi connectivity index (χ0n) is 21.7. The van der Waals surface area contributed by atoms with Crippen LogP contribution in [0, 0.1) is 11.3 Å². The summed E-state index contributed by atoms with van der Waals surface area (Å²) in [5, 5.41) is 17.7. The van der Waals surface area contributed by atoms with E-state index in [1.54, 1.807) is 48.3 Å². The van der Waals surface area contributed by atoms with Gasteiger partial charge in [0, 0.05) is 28.9 Å². The fourth-order valence-corrected chi connectivity index (χ4v) is 4.97. The van der Waals surface area contributed by atoms with Crippen LogP contribution in [-0.2, 0) is 34.5 Å². The van der Waals surface area contributed by atoms with Crippen molar-refractivity contribution in [2.45, 2.75) is 44.4 Å². The molecule has 0 spiro atoms. The van der Waals surface area contributed by atoms with E-state index < -0.39 is 18.3 Å². The number of hydrogen-bond donors (Lipinski definition) is 1. The number of pyridine rings is 2. The first kappa shape index (κ1) is 26.0. The third-order valence-electron chi connectivity index (χ3n) is 7.35. The fourth-order valence-electron chi connectivity index (χ4n) is 4.97. The van der Waals surface area contributed by atoms with Gasteiger partial charge in [0.25, 0.3) is 5.91 Å². The van der Waals surface area contributed by atoms with Crippen LogP contribution in [0.15, 0.2) is 48.8 Å². The Morgan fingerprint density at radius 2 is 2.10 bits per heavy atom. The van der Waals surface area contributed by atoms with Crippen molar-refractivity contribution in [2.24, 2.45) is 0 Å². The quantitative estimate of drug-likeness (QED) is 0.372. The number of halogens is 2. The lowest BCUT2D eigenvalue weighted by Gasteiger charge is -2.30. The van der Waals surface area contributed by atoms with Crippen LogP contribution in [0.3, 0.4) is 0 Å². The van der Waals surface area contributed by atoms with Crippen LogP contribution in [0.5, 0.6) is 0 Å². The number of rotatable bonds is 7. The minimum absolute atomic E-state index is 0.0298. The predicted molar refractivity (Wildman–Crippen MR) is 141 cm³/mol. The topological polar surface area (TPSA) is 115 Å². The Bertz CT molecular complexity index is 1640. The maximum atomic E-state index is 13.3. The Morgan fingerprint density at radius 3 is 2.85 bits per heavy atom. The van der Waals surface area contributed by atoms with E-state index in [9.17, 15) is 18.8 Å². The molecular formula is C29H26F2N6O3. The molecule has 1 N–H and O–H groups in total. The van der Waals surface area contributed by atoms with Crippen LogP contribution < -0.4 is 5.32 Å². The summed E-state index contributed by atoms with van der Waals surface area (Å²) in [6.45, 7) is 3.64. The van der Waals surface area contributed by atoms with Gasteiger partial charge in [-0.3, -0.25) is 14.5 Å². The second-order valence-corrected chi connectivity index (χ2v) is 10.3. The number of benzene rings is 1. The van der Waals surface area contributed by atoms with Gasteiger partial charge in [-0.2, -0.15) is 10.4 Å². The molecule has 9 nitrogen and oxygen atoms in total. The minimum atomic E-state index is -2.53. The molecule has 11 heteroatoms. The number of nitrogens with one attached hydrogen (secondary N) is 1. The molecule has 1 atom stereocenters. The normalized spacial score (nSPS) is 18.8. The molecule has 1 aromatic carbocycles. The molecule has 1 amide bonds. The van der Waals surface area contributed by atoms with Crippen molar-refractivity contribution < 1.29 is 23.0 Å². The second-order valence-electron chi connectivity index (χ2n) is 10.3. The smallest absolute Gasteiger partial charge is 0.251 e. The van der Waals surface area contributed by atoms with Crippen molar-refractivity contribution in [1.82, 2.24) is 25.1 Å². The third kappa shape index (κ3) is 4.92. The molecule has 1 saturated heterocycles. The molecule has 2 aliphatic heterocycles. The Balaban J connectivity index is 1.22. The van der Waals surface area contributed by atoms with Gasteiger partial charge in [-0.05, 0) is 48.4 Å². The number of ether oxygens (including phenoxy) is 2. The summed E-state index contributed by atoms with van der Waals surface area (Å²) >= 11 is 0. The molecule has 5 heterocycles. The van der Waals surface area contributed by atoms with Gasteiger partial charge in [-0.1, -0.05) is 6.07 Å². The van der Waals surface area contributed by atoms with E-state index in [1.165, 1.54) is 0 Å². The largest absolute Gasteiger partial charge is 0.377 e. The lowest BCUT2D eigenvalue weighted by Crippen LogP contribution is -2.33. The van der Waals surface area contributed by atoms with Crippen LogP contribution in [0.25, 0.3) is 22.2 Å². The van der Waals surface area contributed by atoms with Crippen LogP contribution in [0.4, 0.5) is 8.78 Å². The van der Waals surface area contributed by atoms with Crippen molar-refractivity contribution in [3.8, 4) is 17.3 Å². The highest BCUT2D eigenvalue weighted by molar-refractivity contribution is 5.94. The van der Waals surface area contributed by atoms with E-state index >= 15 is 0 Å². The lowest BCUT2D eigenvalue weighted by molar-refractivity contribution is -0.0288. The number of aromatic nitrogens is 4. The molecule has 40 heavy (non-hydrogen) atoms. The van der Waals surface area contributed by atoms with Crippen molar-refractivity contribution in [2.75, 3.05) is 19.8 Å². The molecule has 6 rings (SSSR count). The maximum absolute atomic E-state index is 13.3. The summed E-state index contributed by atoms with van der Waals surface area (Å²) in [4.78, 5) is 22.1. The summed E-state index contributed by atoms with van der Waals surface area (Å²) in [6, 6.07) is 13.0. The Kier molecular flexibility index (Phi) is 6.73. The Labute approximate surface area is 228 Å². The fraction of sp³-hybridized carbons (Fsp3) is 0.345. The molecule has 0 aliphatic carbocycles. The van der Waals surface area contributed by atoms with Crippen LogP contribution in [-0.4, -0.2) is 51.9 Å². The molecule has 3 aromatic heterocycles. The number of carbonyl (C=O) groups excluding carboxylic acids is 1. The average molecular weight is 545 g/mol. The van der Waals surface area contributed by atoms with Crippen molar-refractivity contribution in [1.29, 1.82) is 5.26 Å². The number of carbonyl (C=O) groups is 1. The molecule has 0 unspecified atom stereocenters. The molecule has 0 saturated carbocycles. The first-order valence-electron chi connectivity index (χ1n) is 12.9. The highest BCUT2D eigenvalue weighted by atomic mass is 19.3. The highest BCUT2D eigenvalue weighted by Crippen LogP contribution is 2.33. The number of nitriles is 1. The Morgan fingerprint density at radius 1 is 1.25 bits per heavy atom. The van der Waals surface area contributed by atoms with Crippen LogP contribution in [0.2, 0.25) is 0 Å². The van der Waals surface area contributed by atoms with Crippen molar-refractivity contribution in [3.05, 3.63) is 76.9 Å². The van der Waals surface area contributed by atoms with Gasteiger partial charge < -0.3 is 14.8 Å². The van der Waals surface area contributed by atoms with E-state index in [0.717, 1.165) is 16.5 Å². The standard InChI is InChI=1S/C29H26F2N6O3/c1-29(15-32)16-40-12-19-3-2-17(6-23(19)29)28(38)34-10-20-7-25-18(9-33-20)4-5-24(35-25)22-11-37(21-13-39-14-21)36-26(22)8-27(30)31/h2-7,9,11,21,27H,8,10,12-14,16H2,1H3,(H,34,38)/t29-/m1/s1.